The molecule has 0 amide bonds. The maximum absolute atomic E-state index is 10.5. The fraction of sp³-hybridized carbons (Fsp3) is 1.00. The summed E-state index contributed by atoms with van der Waals surface area (Å²) in [5.74, 6) is -0.914. The standard InChI is InChI=1S/C16H24N2O8/c17-1-14-4-3(5(19)6(4)20)10(14)24-12(14)26-13-15(2-18)8-7(21)9(22)16(8,23)11(15)25-13/h3-13,19-23H,1-2,17-18H2. The van der Waals surface area contributed by atoms with Crippen LogP contribution in [0.25, 0.3) is 0 Å². The van der Waals surface area contributed by atoms with Gasteiger partial charge < -0.3 is 51.2 Å². The van der Waals surface area contributed by atoms with Crippen molar-refractivity contribution >= 4 is 0 Å². The predicted molar refractivity (Wildman–Crippen MR) is 80.8 cm³/mol. The Bertz CT molecular complexity index is 683. The Hall–Kier alpha value is -0.400. The quantitative estimate of drug-likeness (QED) is 0.254. The number of ether oxygens (including phenoxy) is 3. The topological polar surface area (TPSA) is 181 Å². The van der Waals surface area contributed by atoms with E-state index in [4.69, 9.17) is 25.7 Å². The highest BCUT2D eigenvalue weighted by Crippen LogP contribution is 2.75. The number of hydrogen-bond donors (Lipinski definition) is 7. The third-order valence-corrected chi connectivity index (χ3v) is 8.51. The van der Waals surface area contributed by atoms with E-state index in [1.807, 2.05) is 0 Å². The lowest BCUT2D eigenvalue weighted by molar-refractivity contribution is -0.570. The lowest BCUT2D eigenvalue weighted by atomic mass is 9.34. The van der Waals surface area contributed by atoms with Crippen molar-refractivity contribution in [2.45, 2.75) is 54.8 Å². The summed E-state index contributed by atoms with van der Waals surface area (Å²) in [6.07, 6.45) is -6.40. The van der Waals surface area contributed by atoms with E-state index in [0.717, 1.165) is 0 Å². The molecular weight excluding hydrogens is 348 g/mol. The molecule has 2 heterocycles. The molecule has 10 heteroatoms. The van der Waals surface area contributed by atoms with Gasteiger partial charge in [-0.2, -0.15) is 0 Å². The molecule has 0 spiro atoms. The van der Waals surface area contributed by atoms with Crippen molar-refractivity contribution in [2.75, 3.05) is 13.1 Å². The van der Waals surface area contributed by atoms with Crippen molar-refractivity contribution in [3.8, 4) is 0 Å². The molecule has 2 aliphatic heterocycles. The second-order valence-electron chi connectivity index (χ2n) is 8.89. The minimum absolute atomic E-state index is 0.121. The van der Waals surface area contributed by atoms with Gasteiger partial charge in [-0.1, -0.05) is 0 Å². The fourth-order valence-electron chi connectivity index (χ4n) is 7.05. The maximum Gasteiger partial charge on any atom is 0.171 e. The van der Waals surface area contributed by atoms with Crippen molar-refractivity contribution in [1.82, 2.24) is 0 Å². The van der Waals surface area contributed by atoms with Gasteiger partial charge in [0, 0.05) is 30.8 Å². The molecule has 6 fully saturated rings. The van der Waals surface area contributed by atoms with Gasteiger partial charge in [-0.25, -0.2) is 0 Å². The molecule has 0 aromatic rings. The summed E-state index contributed by atoms with van der Waals surface area (Å²) >= 11 is 0. The Morgan fingerprint density at radius 2 is 1.54 bits per heavy atom. The number of hydrogen-bond acceptors (Lipinski definition) is 10. The van der Waals surface area contributed by atoms with Crippen LogP contribution >= 0.6 is 0 Å². The zero-order chi connectivity index (χ0) is 18.4. The van der Waals surface area contributed by atoms with Crippen LogP contribution in [0.5, 0.6) is 0 Å². The first-order valence-corrected chi connectivity index (χ1v) is 9.13. The SMILES string of the molecule is NCC12C(OC3OC4C5(O)C(O)C(O)C5C34CN)OC1C1C(O)C(O)C12. The van der Waals surface area contributed by atoms with Gasteiger partial charge in [-0.05, 0) is 0 Å². The molecule has 0 bridgehead atoms. The zero-order valence-corrected chi connectivity index (χ0v) is 13.9. The molecule has 0 aromatic heterocycles. The van der Waals surface area contributed by atoms with Crippen LogP contribution in [0.4, 0.5) is 0 Å². The van der Waals surface area contributed by atoms with Crippen LogP contribution in [-0.2, 0) is 14.2 Å². The highest BCUT2D eigenvalue weighted by Gasteiger charge is 2.91. The number of nitrogens with two attached hydrogens (primary N) is 2. The van der Waals surface area contributed by atoms with Crippen LogP contribution in [0.15, 0.2) is 0 Å². The molecular formula is C16H24N2O8. The van der Waals surface area contributed by atoms with Crippen LogP contribution in [0, 0.1) is 28.6 Å². The number of rotatable bonds is 4. The molecule has 10 nitrogen and oxygen atoms in total. The highest BCUT2D eigenvalue weighted by molar-refractivity contribution is 5.37. The van der Waals surface area contributed by atoms with Crippen LogP contribution in [0.1, 0.15) is 0 Å². The van der Waals surface area contributed by atoms with E-state index in [1.54, 1.807) is 0 Å². The average Bonchev–Trinajstić information content (AvgIpc) is 2.62. The third kappa shape index (κ3) is 1.22. The molecule has 0 aromatic carbocycles. The van der Waals surface area contributed by atoms with Gasteiger partial charge in [0.15, 0.2) is 12.6 Å². The number of aliphatic hydroxyl groups is 5. The van der Waals surface area contributed by atoms with Crippen molar-refractivity contribution in [3.05, 3.63) is 0 Å². The second-order valence-corrected chi connectivity index (χ2v) is 8.89. The highest BCUT2D eigenvalue weighted by atomic mass is 16.8. The van der Waals surface area contributed by atoms with Gasteiger partial charge in [0.25, 0.3) is 0 Å². The summed E-state index contributed by atoms with van der Waals surface area (Å²) < 4.78 is 17.4. The summed E-state index contributed by atoms with van der Waals surface area (Å²) in [5.41, 5.74) is 9.06. The lowest BCUT2D eigenvalue weighted by Crippen LogP contribution is -2.99. The molecule has 6 rings (SSSR count). The molecule has 26 heavy (non-hydrogen) atoms. The molecule has 9 N–H and O–H groups in total. The van der Waals surface area contributed by atoms with E-state index in [1.165, 1.54) is 0 Å². The third-order valence-electron chi connectivity index (χ3n) is 8.51. The van der Waals surface area contributed by atoms with E-state index in [0.29, 0.717) is 0 Å². The van der Waals surface area contributed by atoms with Gasteiger partial charge in [0.2, 0.25) is 0 Å². The van der Waals surface area contributed by atoms with Crippen molar-refractivity contribution in [1.29, 1.82) is 0 Å². The first kappa shape index (κ1) is 16.5. The Morgan fingerprint density at radius 1 is 0.885 bits per heavy atom. The first-order valence-electron chi connectivity index (χ1n) is 9.13. The molecule has 6 aliphatic rings. The molecule has 14 atom stereocenters. The van der Waals surface area contributed by atoms with Gasteiger partial charge in [0.05, 0.1) is 35.2 Å². The Kier molecular flexibility index (Phi) is 2.82. The maximum atomic E-state index is 10.5. The summed E-state index contributed by atoms with van der Waals surface area (Å²) in [5, 5.41) is 50.4. The van der Waals surface area contributed by atoms with E-state index in [9.17, 15) is 25.5 Å². The van der Waals surface area contributed by atoms with Gasteiger partial charge >= 0.3 is 0 Å². The van der Waals surface area contributed by atoms with Crippen LogP contribution < -0.4 is 11.5 Å². The Balaban J connectivity index is 1.22. The smallest absolute Gasteiger partial charge is 0.171 e. The van der Waals surface area contributed by atoms with Crippen LogP contribution in [0.3, 0.4) is 0 Å². The fourth-order valence-corrected chi connectivity index (χ4v) is 7.05. The summed E-state index contributed by atoms with van der Waals surface area (Å²) in [4.78, 5) is 0. The average molecular weight is 372 g/mol. The number of fused-ring (bicyclic) bond motifs is 8. The minimum atomic E-state index is -1.48. The molecule has 14 unspecified atom stereocenters. The Morgan fingerprint density at radius 3 is 2.19 bits per heavy atom. The largest absolute Gasteiger partial charge is 0.390 e. The van der Waals surface area contributed by atoms with Crippen molar-refractivity contribution in [2.24, 2.45) is 40.1 Å². The molecule has 0 radical (unpaired) electrons. The normalized spacial score (nSPS) is 71.9. The van der Waals surface area contributed by atoms with Crippen molar-refractivity contribution < 1.29 is 39.7 Å². The predicted octanol–water partition coefficient (Wildman–Crippen LogP) is -4.58. The zero-order valence-electron chi connectivity index (χ0n) is 13.9. The monoisotopic (exact) mass is 372 g/mol. The molecule has 146 valence electrons. The second kappa shape index (κ2) is 4.43. The van der Waals surface area contributed by atoms with Gasteiger partial charge in [-0.15, -0.1) is 0 Å². The summed E-state index contributed by atoms with van der Waals surface area (Å²) in [6.45, 7) is 0.367. The summed E-state index contributed by atoms with van der Waals surface area (Å²) in [7, 11) is 0. The van der Waals surface area contributed by atoms with Crippen LogP contribution in [0.2, 0.25) is 0 Å². The summed E-state index contributed by atoms with van der Waals surface area (Å²) in [6, 6.07) is 0. The van der Waals surface area contributed by atoms with Gasteiger partial charge in [0.1, 0.15) is 17.8 Å². The van der Waals surface area contributed by atoms with E-state index >= 15 is 0 Å². The Labute approximate surface area is 148 Å². The van der Waals surface area contributed by atoms with E-state index in [2.05, 4.69) is 0 Å². The van der Waals surface area contributed by atoms with Crippen LogP contribution in [-0.4, -0.2) is 93.4 Å². The minimum Gasteiger partial charge on any atom is -0.390 e. The number of aliphatic hydroxyl groups excluding tert-OH is 4. The van der Waals surface area contributed by atoms with E-state index in [-0.39, 0.29) is 31.0 Å². The lowest BCUT2D eigenvalue weighted by Gasteiger charge is -2.82. The molecule has 4 saturated carbocycles. The molecule has 4 aliphatic carbocycles. The first-order chi connectivity index (χ1) is 12.3. The molecule has 2 saturated heterocycles. The van der Waals surface area contributed by atoms with Crippen molar-refractivity contribution in [3.63, 3.8) is 0 Å². The van der Waals surface area contributed by atoms with E-state index < -0.39 is 65.4 Å². The van der Waals surface area contributed by atoms with Gasteiger partial charge in [-0.3, -0.25) is 0 Å².